The van der Waals surface area contributed by atoms with Crippen molar-refractivity contribution in [3.63, 3.8) is 0 Å². The fourth-order valence-electron chi connectivity index (χ4n) is 3.80. The van der Waals surface area contributed by atoms with Crippen molar-refractivity contribution in [1.82, 2.24) is 9.80 Å². The van der Waals surface area contributed by atoms with Crippen LogP contribution in [0.2, 0.25) is 0 Å². The summed E-state index contributed by atoms with van der Waals surface area (Å²) in [5.74, 6) is -0.650. The Morgan fingerprint density at radius 1 is 1.05 bits per heavy atom. The lowest BCUT2D eigenvalue weighted by molar-refractivity contribution is -0.137. The van der Waals surface area contributed by atoms with Gasteiger partial charge in [0.1, 0.15) is 0 Å². The smallest absolute Gasteiger partial charge is 0.303 e. The molecule has 0 bridgehead atoms. The lowest BCUT2D eigenvalue weighted by Crippen LogP contribution is -2.44. The number of hydrogen-bond donors (Lipinski definition) is 1. The van der Waals surface area contributed by atoms with Crippen LogP contribution < -0.4 is 0 Å². The van der Waals surface area contributed by atoms with Crippen LogP contribution in [0, 0.1) is 0 Å². The second-order valence-electron chi connectivity index (χ2n) is 6.54. The number of hydrogen-bond acceptors (Lipinski definition) is 3. The van der Waals surface area contributed by atoms with Gasteiger partial charge in [-0.2, -0.15) is 0 Å². The molecule has 20 heavy (non-hydrogen) atoms. The zero-order valence-electron chi connectivity index (χ0n) is 12.9. The summed E-state index contributed by atoms with van der Waals surface area (Å²) in [7, 11) is 2.25. The number of carboxylic acids is 1. The molecule has 116 valence electrons. The van der Waals surface area contributed by atoms with Crippen LogP contribution in [0.4, 0.5) is 0 Å². The molecule has 1 N–H and O–H groups in total. The zero-order chi connectivity index (χ0) is 14.4. The third-order valence-corrected chi connectivity index (χ3v) is 5.11. The van der Waals surface area contributed by atoms with E-state index in [1.807, 2.05) is 0 Å². The Morgan fingerprint density at radius 2 is 1.75 bits per heavy atom. The van der Waals surface area contributed by atoms with Crippen LogP contribution in [0.5, 0.6) is 0 Å². The van der Waals surface area contributed by atoms with Gasteiger partial charge in [0.05, 0.1) is 0 Å². The highest BCUT2D eigenvalue weighted by atomic mass is 16.4. The van der Waals surface area contributed by atoms with Crippen molar-refractivity contribution in [3.05, 3.63) is 0 Å². The van der Waals surface area contributed by atoms with Gasteiger partial charge >= 0.3 is 5.97 Å². The van der Waals surface area contributed by atoms with Gasteiger partial charge in [-0.05, 0) is 65.2 Å². The van der Waals surface area contributed by atoms with E-state index < -0.39 is 5.97 Å². The molecule has 2 rings (SSSR count). The van der Waals surface area contributed by atoms with Gasteiger partial charge in [-0.3, -0.25) is 4.79 Å². The average molecular weight is 282 g/mol. The SMILES string of the molecule is CN1CCCCC1CCN1CCCCC1CCC(=O)O. The van der Waals surface area contributed by atoms with Crippen molar-refractivity contribution < 1.29 is 9.90 Å². The first-order valence-corrected chi connectivity index (χ1v) is 8.33. The highest BCUT2D eigenvalue weighted by Crippen LogP contribution is 2.23. The number of aliphatic carboxylic acids is 1. The second kappa shape index (κ2) is 7.99. The van der Waals surface area contributed by atoms with Crippen LogP contribution in [0.3, 0.4) is 0 Å². The third kappa shape index (κ3) is 4.74. The maximum atomic E-state index is 10.8. The van der Waals surface area contributed by atoms with Crippen molar-refractivity contribution in [3.8, 4) is 0 Å². The van der Waals surface area contributed by atoms with Crippen molar-refractivity contribution in [2.24, 2.45) is 0 Å². The predicted molar refractivity (Wildman–Crippen MR) is 81.0 cm³/mol. The summed E-state index contributed by atoms with van der Waals surface area (Å²) in [4.78, 5) is 15.8. The van der Waals surface area contributed by atoms with E-state index in [9.17, 15) is 4.79 Å². The summed E-state index contributed by atoms with van der Waals surface area (Å²) < 4.78 is 0. The number of carboxylic acid groups (broad SMARTS) is 1. The van der Waals surface area contributed by atoms with Gasteiger partial charge in [0.25, 0.3) is 0 Å². The van der Waals surface area contributed by atoms with E-state index in [0.29, 0.717) is 12.5 Å². The van der Waals surface area contributed by atoms with Gasteiger partial charge in [0, 0.05) is 18.5 Å². The summed E-state index contributed by atoms with van der Waals surface area (Å²) in [6.07, 6.45) is 10.2. The van der Waals surface area contributed by atoms with Crippen LogP contribution in [0.25, 0.3) is 0 Å². The minimum Gasteiger partial charge on any atom is -0.481 e. The molecular formula is C16H30N2O2. The maximum absolute atomic E-state index is 10.8. The molecule has 0 aromatic carbocycles. The molecule has 4 nitrogen and oxygen atoms in total. The quantitative estimate of drug-likeness (QED) is 0.813. The molecule has 2 fully saturated rings. The maximum Gasteiger partial charge on any atom is 0.303 e. The molecule has 0 saturated carbocycles. The first-order chi connectivity index (χ1) is 9.66. The van der Waals surface area contributed by atoms with Crippen LogP contribution in [0.1, 0.15) is 57.8 Å². The van der Waals surface area contributed by atoms with Crippen LogP contribution >= 0.6 is 0 Å². The molecule has 0 aromatic rings. The molecule has 2 saturated heterocycles. The van der Waals surface area contributed by atoms with E-state index in [1.165, 1.54) is 58.0 Å². The van der Waals surface area contributed by atoms with E-state index in [-0.39, 0.29) is 0 Å². The Kier molecular flexibility index (Phi) is 6.30. The topological polar surface area (TPSA) is 43.8 Å². The molecule has 0 aromatic heterocycles. The van der Waals surface area contributed by atoms with Crippen LogP contribution in [0.15, 0.2) is 0 Å². The molecule has 2 aliphatic heterocycles. The van der Waals surface area contributed by atoms with E-state index in [0.717, 1.165) is 19.0 Å². The molecule has 0 radical (unpaired) electrons. The molecule has 2 aliphatic rings. The zero-order valence-corrected chi connectivity index (χ0v) is 12.9. The second-order valence-corrected chi connectivity index (χ2v) is 6.54. The normalized spacial score (nSPS) is 29.4. The molecule has 0 amide bonds. The Balaban J connectivity index is 1.77. The van der Waals surface area contributed by atoms with E-state index >= 15 is 0 Å². The van der Waals surface area contributed by atoms with E-state index in [2.05, 4.69) is 16.8 Å². The summed E-state index contributed by atoms with van der Waals surface area (Å²) in [5.41, 5.74) is 0. The molecule has 4 heteroatoms. The molecule has 2 heterocycles. The number of rotatable bonds is 6. The molecule has 2 atom stereocenters. The number of piperidine rings is 2. The van der Waals surface area contributed by atoms with Gasteiger partial charge in [0.2, 0.25) is 0 Å². The summed E-state index contributed by atoms with van der Waals surface area (Å²) in [6, 6.07) is 1.25. The fourth-order valence-corrected chi connectivity index (χ4v) is 3.80. The predicted octanol–water partition coefficient (Wildman–Crippen LogP) is 2.58. The molecule has 2 unspecified atom stereocenters. The van der Waals surface area contributed by atoms with Gasteiger partial charge in [-0.1, -0.05) is 12.8 Å². The van der Waals surface area contributed by atoms with Crippen LogP contribution in [-0.4, -0.2) is 59.6 Å². The van der Waals surface area contributed by atoms with Gasteiger partial charge < -0.3 is 14.9 Å². The highest BCUT2D eigenvalue weighted by molar-refractivity contribution is 5.66. The Morgan fingerprint density at radius 3 is 2.45 bits per heavy atom. The van der Waals surface area contributed by atoms with Gasteiger partial charge in [0.15, 0.2) is 0 Å². The van der Waals surface area contributed by atoms with Crippen molar-refractivity contribution in [2.75, 3.05) is 26.7 Å². The summed E-state index contributed by atoms with van der Waals surface area (Å²) in [6.45, 7) is 3.56. The highest BCUT2D eigenvalue weighted by Gasteiger charge is 2.25. The Labute approximate surface area is 123 Å². The van der Waals surface area contributed by atoms with Crippen molar-refractivity contribution in [1.29, 1.82) is 0 Å². The summed E-state index contributed by atoms with van der Waals surface area (Å²) in [5, 5.41) is 8.87. The number of nitrogens with zero attached hydrogens (tertiary/aromatic N) is 2. The Hall–Kier alpha value is -0.610. The van der Waals surface area contributed by atoms with Gasteiger partial charge in [-0.25, -0.2) is 0 Å². The minimum atomic E-state index is -0.650. The lowest BCUT2D eigenvalue weighted by atomic mass is 9.95. The number of likely N-dealkylation sites (tertiary alicyclic amines) is 2. The summed E-state index contributed by atoms with van der Waals surface area (Å²) >= 11 is 0. The number of carbonyl (C=O) groups is 1. The van der Waals surface area contributed by atoms with E-state index in [4.69, 9.17) is 5.11 Å². The minimum absolute atomic E-state index is 0.324. The van der Waals surface area contributed by atoms with E-state index in [1.54, 1.807) is 0 Å². The standard InChI is InChI=1S/C16H30N2O2/c1-17-11-4-2-6-14(17)10-13-18-12-5-3-7-15(18)8-9-16(19)20/h14-15H,2-13H2,1H3,(H,19,20). The monoisotopic (exact) mass is 282 g/mol. The Bertz CT molecular complexity index is 309. The first-order valence-electron chi connectivity index (χ1n) is 8.33. The molecule has 0 aliphatic carbocycles. The third-order valence-electron chi connectivity index (χ3n) is 5.11. The lowest BCUT2D eigenvalue weighted by Gasteiger charge is -2.38. The van der Waals surface area contributed by atoms with Gasteiger partial charge in [-0.15, -0.1) is 0 Å². The van der Waals surface area contributed by atoms with Crippen molar-refractivity contribution in [2.45, 2.75) is 69.9 Å². The first kappa shape index (κ1) is 15.8. The average Bonchev–Trinajstić information content (AvgIpc) is 2.45. The largest absolute Gasteiger partial charge is 0.481 e. The molecular weight excluding hydrogens is 252 g/mol. The molecule has 0 spiro atoms. The van der Waals surface area contributed by atoms with Crippen molar-refractivity contribution >= 4 is 5.97 Å². The fraction of sp³-hybridized carbons (Fsp3) is 0.938. The van der Waals surface area contributed by atoms with Crippen LogP contribution in [-0.2, 0) is 4.79 Å².